The largest absolute Gasteiger partial charge is 0.338 e. The summed E-state index contributed by atoms with van der Waals surface area (Å²) < 4.78 is 0. The number of benzene rings is 2. The average molecular weight is 337 g/mol. The first kappa shape index (κ1) is 16.5. The molecule has 0 atom stereocenters. The van der Waals surface area contributed by atoms with E-state index in [1.807, 2.05) is 66.4 Å². The van der Waals surface area contributed by atoms with E-state index >= 15 is 0 Å². The van der Waals surface area contributed by atoms with Crippen molar-refractivity contribution in [2.24, 2.45) is 0 Å². The third kappa shape index (κ3) is 3.92. The highest BCUT2D eigenvalue weighted by Gasteiger charge is 2.14. The Kier molecular flexibility index (Phi) is 5.43. The molecule has 1 heterocycles. The van der Waals surface area contributed by atoms with Gasteiger partial charge in [-0.3, -0.25) is 4.79 Å². The predicted octanol–water partition coefficient (Wildman–Crippen LogP) is 3.77. The first-order valence-electron chi connectivity index (χ1n) is 7.92. The molecule has 0 aliphatic rings. The first-order chi connectivity index (χ1) is 11.8. The number of amides is 1. The molecule has 5 heteroatoms. The van der Waals surface area contributed by atoms with Crippen molar-refractivity contribution in [1.82, 2.24) is 14.9 Å². The lowest BCUT2D eigenvalue weighted by Gasteiger charge is -2.20. The molecule has 0 spiro atoms. The molecular formula is C19H19N3OS. The van der Waals surface area contributed by atoms with E-state index in [1.165, 1.54) is 11.8 Å². The summed E-state index contributed by atoms with van der Waals surface area (Å²) in [5.74, 6) is 0.496. The van der Waals surface area contributed by atoms with Crippen LogP contribution in [0, 0.1) is 0 Å². The van der Waals surface area contributed by atoms with Crippen LogP contribution in [-0.2, 0) is 11.3 Å². The minimum atomic E-state index is 0.119. The molecule has 0 radical (unpaired) electrons. The number of hydrogen-bond acceptors (Lipinski definition) is 4. The van der Waals surface area contributed by atoms with Crippen LogP contribution in [0.3, 0.4) is 0 Å². The quantitative estimate of drug-likeness (QED) is 0.507. The van der Waals surface area contributed by atoms with Crippen molar-refractivity contribution < 1.29 is 4.79 Å². The second-order valence-corrected chi connectivity index (χ2v) is 6.34. The molecule has 0 saturated heterocycles. The van der Waals surface area contributed by atoms with Crippen molar-refractivity contribution in [2.75, 3.05) is 12.3 Å². The topological polar surface area (TPSA) is 46.1 Å². The van der Waals surface area contributed by atoms with Crippen LogP contribution in [0.4, 0.5) is 0 Å². The van der Waals surface area contributed by atoms with E-state index in [0.29, 0.717) is 18.8 Å². The predicted molar refractivity (Wildman–Crippen MR) is 97.8 cm³/mol. The highest BCUT2D eigenvalue weighted by Crippen LogP contribution is 2.24. The van der Waals surface area contributed by atoms with Crippen LogP contribution >= 0.6 is 11.8 Å². The summed E-state index contributed by atoms with van der Waals surface area (Å²) in [6.45, 7) is 3.34. The summed E-state index contributed by atoms with van der Waals surface area (Å²) in [7, 11) is 0. The Morgan fingerprint density at radius 2 is 1.79 bits per heavy atom. The van der Waals surface area contributed by atoms with Gasteiger partial charge < -0.3 is 4.90 Å². The number of nitrogens with zero attached hydrogens (tertiary/aromatic N) is 3. The lowest BCUT2D eigenvalue weighted by Crippen LogP contribution is -2.31. The third-order valence-corrected chi connectivity index (χ3v) is 4.78. The van der Waals surface area contributed by atoms with Gasteiger partial charge in [0.05, 0.1) is 11.3 Å². The molecule has 0 unspecified atom stereocenters. The van der Waals surface area contributed by atoms with Crippen molar-refractivity contribution in [1.29, 1.82) is 0 Å². The van der Waals surface area contributed by atoms with Crippen LogP contribution in [0.5, 0.6) is 0 Å². The van der Waals surface area contributed by atoms with Gasteiger partial charge in [0, 0.05) is 18.5 Å². The van der Waals surface area contributed by atoms with Crippen molar-refractivity contribution in [3.05, 3.63) is 66.5 Å². The van der Waals surface area contributed by atoms with Gasteiger partial charge in [-0.2, -0.15) is 0 Å². The van der Waals surface area contributed by atoms with E-state index in [0.717, 1.165) is 21.5 Å². The third-order valence-electron chi connectivity index (χ3n) is 3.79. The smallest absolute Gasteiger partial charge is 0.233 e. The molecule has 0 aliphatic carbocycles. The molecule has 1 aromatic heterocycles. The summed E-state index contributed by atoms with van der Waals surface area (Å²) in [6, 6.07) is 17.9. The number of aromatic nitrogens is 2. The summed E-state index contributed by atoms with van der Waals surface area (Å²) in [4.78, 5) is 23.0. The monoisotopic (exact) mass is 337 g/mol. The van der Waals surface area contributed by atoms with Gasteiger partial charge >= 0.3 is 0 Å². The first-order valence-corrected chi connectivity index (χ1v) is 8.90. The van der Waals surface area contributed by atoms with Crippen molar-refractivity contribution in [3.8, 4) is 0 Å². The summed E-state index contributed by atoms with van der Waals surface area (Å²) in [5.41, 5.74) is 2.05. The minimum absolute atomic E-state index is 0.119. The lowest BCUT2D eigenvalue weighted by molar-refractivity contribution is -0.128. The van der Waals surface area contributed by atoms with Crippen LogP contribution in [0.1, 0.15) is 12.5 Å². The molecule has 0 saturated carbocycles. The van der Waals surface area contributed by atoms with Crippen LogP contribution in [0.25, 0.3) is 10.9 Å². The summed E-state index contributed by atoms with van der Waals surface area (Å²) in [5, 5.41) is 1.84. The van der Waals surface area contributed by atoms with Crippen molar-refractivity contribution in [2.45, 2.75) is 18.5 Å². The zero-order valence-corrected chi connectivity index (χ0v) is 14.4. The molecule has 122 valence electrons. The zero-order chi connectivity index (χ0) is 16.8. The average Bonchev–Trinajstić information content (AvgIpc) is 2.65. The number of rotatable bonds is 6. The molecule has 0 N–H and O–H groups in total. The number of carbonyl (C=O) groups excluding carboxylic acids is 1. The Morgan fingerprint density at radius 1 is 1.04 bits per heavy atom. The molecule has 3 aromatic rings. The highest BCUT2D eigenvalue weighted by molar-refractivity contribution is 8.00. The van der Waals surface area contributed by atoms with Gasteiger partial charge in [-0.15, -0.1) is 0 Å². The summed E-state index contributed by atoms with van der Waals surface area (Å²) in [6.07, 6.45) is 1.55. The number of thioether (sulfide) groups is 1. The van der Waals surface area contributed by atoms with E-state index in [1.54, 1.807) is 6.33 Å². The summed E-state index contributed by atoms with van der Waals surface area (Å²) >= 11 is 1.47. The van der Waals surface area contributed by atoms with Gasteiger partial charge in [0.25, 0.3) is 0 Å². The van der Waals surface area contributed by atoms with E-state index in [2.05, 4.69) is 9.97 Å². The van der Waals surface area contributed by atoms with Crippen LogP contribution in [0.2, 0.25) is 0 Å². The number of carbonyl (C=O) groups is 1. The number of hydrogen-bond donors (Lipinski definition) is 0. The Balaban J connectivity index is 1.67. The standard InChI is InChI=1S/C19H19N3OS/c1-2-22(12-15-8-4-3-5-9-15)18(23)13-24-19-16-10-6-7-11-17(16)20-14-21-19/h3-11,14H,2,12-13H2,1H3. The molecule has 4 nitrogen and oxygen atoms in total. The second kappa shape index (κ2) is 7.93. The second-order valence-electron chi connectivity index (χ2n) is 5.38. The Morgan fingerprint density at radius 3 is 2.58 bits per heavy atom. The highest BCUT2D eigenvalue weighted by atomic mass is 32.2. The molecule has 0 aliphatic heterocycles. The Bertz CT molecular complexity index is 818. The van der Waals surface area contributed by atoms with Gasteiger partial charge in [0.15, 0.2) is 0 Å². The Hall–Kier alpha value is -2.40. The number of fused-ring (bicyclic) bond motifs is 1. The van der Waals surface area contributed by atoms with E-state index in [-0.39, 0.29) is 5.91 Å². The minimum Gasteiger partial charge on any atom is -0.338 e. The maximum absolute atomic E-state index is 12.5. The number of para-hydroxylation sites is 1. The molecule has 0 bridgehead atoms. The van der Waals surface area contributed by atoms with E-state index in [4.69, 9.17) is 0 Å². The normalized spacial score (nSPS) is 10.7. The van der Waals surface area contributed by atoms with Crippen molar-refractivity contribution in [3.63, 3.8) is 0 Å². The van der Waals surface area contributed by atoms with Crippen molar-refractivity contribution >= 4 is 28.6 Å². The zero-order valence-electron chi connectivity index (χ0n) is 13.6. The fourth-order valence-electron chi connectivity index (χ4n) is 2.50. The van der Waals surface area contributed by atoms with Crippen LogP contribution < -0.4 is 0 Å². The van der Waals surface area contributed by atoms with E-state index < -0.39 is 0 Å². The van der Waals surface area contributed by atoms with Gasteiger partial charge in [0.1, 0.15) is 11.4 Å². The Labute approximate surface area is 145 Å². The SMILES string of the molecule is CCN(Cc1ccccc1)C(=O)CSc1ncnc2ccccc12. The van der Waals surface area contributed by atoms with Crippen LogP contribution in [0.15, 0.2) is 66.0 Å². The molecule has 3 rings (SSSR count). The molecule has 1 amide bonds. The van der Waals surface area contributed by atoms with Gasteiger partial charge in [0.2, 0.25) is 5.91 Å². The fourth-order valence-corrected chi connectivity index (χ4v) is 3.39. The van der Waals surface area contributed by atoms with Gasteiger partial charge in [-0.25, -0.2) is 9.97 Å². The maximum atomic E-state index is 12.5. The van der Waals surface area contributed by atoms with Gasteiger partial charge in [-0.05, 0) is 18.6 Å². The molecular weight excluding hydrogens is 318 g/mol. The molecule has 0 fully saturated rings. The van der Waals surface area contributed by atoms with Gasteiger partial charge in [-0.1, -0.05) is 60.3 Å². The maximum Gasteiger partial charge on any atom is 0.233 e. The van der Waals surface area contributed by atoms with Crippen LogP contribution in [-0.4, -0.2) is 33.1 Å². The lowest BCUT2D eigenvalue weighted by atomic mass is 10.2. The fraction of sp³-hybridized carbons (Fsp3) is 0.211. The molecule has 2 aromatic carbocycles. The van der Waals surface area contributed by atoms with E-state index in [9.17, 15) is 4.79 Å². The molecule has 24 heavy (non-hydrogen) atoms.